The number of thiazole rings is 2. The Balaban J connectivity index is 1.80. The Labute approximate surface area is 117 Å². The van der Waals surface area contributed by atoms with Crippen molar-refractivity contribution >= 4 is 45.1 Å². The molecule has 0 amide bonds. The Hall–Kier alpha value is -1.43. The van der Waals surface area contributed by atoms with Crippen LogP contribution in [0.5, 0.6) is 0 Å². The van der Waals surface area contributed by atoms with E-state index in [1.54, 1.807) is 28.9 Å². The molecular weight excluding hydrogens is 286 g/mol. The first-order valence-electron chi connectivity index (χ1n) is 5.19. The maximum atomic E-state index is 5.84. The van der Waals surface area contributed by atoms with E-state index in [4.69, 9.17) is 11.6 Å². The largest absolute Gasteiger partial charge is 0.332 e. The van der Waals surface area contributed by atoms with Gasteiger partial charge in [0.15, 0.2) is 5.13 Å². The standard InChI is InChI=1S/C12H8ClN3S2/c13-8-1-3-9(4-2-8)15-12-16-10(7-18-12)11-14-5-6-17-11/h1-7H,(H,15,16). The fourth-order valence-electron chi connectivity index (χ4n) is 1.44. The van der Waals surface area contributed by atoms with Crippen LogP contribution < -0.4 is 5.32 Å². The van der Waals surface area contributed by atoms with Crippen molar-refractivity contribution in [3.8, 4) is 10.7 Å². The van der Waals surface area contributed by atoms with Crippen molar-refractivity contribution in [2.75, 3.05) is 5.32 Å². The highest BCUT2D eigenvalue weighted by Gasteiger charge is 2.06. The summed E-state index contributed by atoms with van der Waals surface area (Å²) < 4.78 is 0. The molecule has 0 radical (unpaired) electrons. The second-order valence-electron chi connectivity index (χ2n) is 3.51. The third-order valence-electron chi connectivity index (χ3n) is 2.25. The van der Waals surface area contributed by atoms with Crippen LogP contribution in [0.4, 0.5) is 10.8 Å². The van der Waals surface area contributed by atoms with Gasteiger partial charge in [0.05, 0.1) is 0 Å². The Bertz CT molecular complexity index is 632. The molecule has 0 bridgehead atoms. The maximum Gasteiger partial charge on any atom is 0.187 e. The highest BCUT2D eigenvalue weighted by Crippen LogP contribution is 2.28. The van der Waals surface area contributed by atoms with Gasteiger partial charge in [-0.1, -0.05) is 11.6 Å². The summed E-state index contributed by atoms with van der Waals surface area (Å²) in [6, 6.07) is 7.54. The van der Waals surface area contributed by atoms with Gasteiger partial charge in [0.25, 0.3) is 0 Å². The van der Waals surface area contributed by atoms with E-state index in [-0.39, 0.29) is 0 Å². The molecule has 0 aliphatic heterocycles. The van der Waals surface area contributed by atoms with Gasteiger partial charge in [0, 0.05) is 27.7 Å². The molecule has 2 heterocycles. The fraction of sp³-hybridized carbons (Fsp3) is 0. The molecule has 18 heavy (non-hydrogen) atoms. The van der Waals surface area contributed by atoms with Gasteiger partial charge in [-0.15, -0.1) is 22.7 Å². The molecule has 1 aromatic carbocycles. The van der Waals surface area contributed by atoms with Gasteiger partial charge >= 0.3 is 0 Å². The highest BCUT2D eigenvalue weighted by atomic mass is 35.5. The number of halogens is 1. The van der Waals surface area contributed by atoms with Crippen LogP contribution in [0.1, 0.15) is 0 Å². The first-order chi connectivity index (χ1) is 8.81. The number of hydrogen-bond donors (Lipinski definition) is 1. The molecule has 0 saturated carbocycles. The van der Waals surface area contributed by atoms with Gasteiger partial charge in [-0.05, 0) is 24.3 Å². The summed E-state index contributed by atoms with van der Waals surface area (Å²) in [6.07, 6.45) is 1.78. The zero-order valence-electron chi connectivity index (χ0n) is 9.13. The topological polar surface area (TPSA) is 37.8 Å². The number of anilines is 2. The lowest BCUT2D eigenvalue weighted by Crippen LogP contribution is -1.88. The van der Waals surface area contributed by atoms with Gasteiger partial charge in [-0.2, -0.15) is 0 Å². The monoisotopic (exact) mass is 293 g/mol. The van der Waals surface area contributed by atoms with Crippen molar-refractivity contribution in [1.82, 2.24) is 9.97 Å². The molecule has 0 fully saturated rings. The average molecular weight is 294 g/mol. The number of aromatic nitrogens is 2. The zero-order chi connectivity index (χ0) is 12.4. The number of benzene rings is 1. The van der Waals surface area contributed by atoms with Crippen LogP contribution in [0.25, 0.3) is 10.7 Å². The van der Waals surface area contributed by atoms with Crippen LogP contribution in [0.2, 0.25) is 5.02 Å². The van der Waals surface area contributed by atoms with E-state index in [1.165, 1.54) is 0 Å². The van der Waals surface area contributed by atoms with Crippen molar-refractivity contribution in [3.05, 3.63) is 46.2 Å². The molecule has 1 N–H and O–H groups in total. The van der Waals surface area contributed by atoms with E-state index < -0.39 is 0 Å². The van der Waals surface area contributed by atoms with E-state index in [2.05, 4.69) is 15.3 Å². The molecule has 0 aliphatic carbocycles. The quantitative estimate of drug-likeness (QED) is 0.763. The molecule has 3 rings (SSSR count). The molecule has 6 heteroatoms. The van der Waals surface area contributed by atoms with Crippen molar-refractivity contribution in [2.45, 2.75) is 0 Å². The summed E-state index contributed by atoms with van der Waals surface area (Å²) in [4.78, 5) is 8.73. The maximum absolute atomic E-state index is 5.84. The lowest BCUT2D eigenvalue weighted by molar-refractivity contribution is 1.33. The Morgan fingerprint density at radius 3 is 2.67 bits per heavy atom. The van der Waals surface area contributed by atoms with Crippen molar-refractivity contribution in [2.24, 2.45) is 0 Å². The minimum atomic E-state index is 0.725. The SMILES string of the molecule is Clc1ccc(Nc2nc(-c3nccs3)cs2)cc1. The van der Waals surface area contributed by atoms with E-state index in [0.717, 1.165) is 26.5 Å². The second kappa shape index (κ2) is 5.06. The van der Waals surface area contributed by atoms with Crippen molar-refractivity contribution in [3.63, 3.8) is 0 Å². The molecule has 2 aromatic heterocycles. The summed E-state index contributed by atoms with van der Waals surface area (Å²) in [5.74, 6) is 0. The molecule has 3 nitrogen and oxygen atoms in total. The van der Waals surface area contributed by atoms with Crippen LogP contribution in [0.15, 0.2) is 41.2 Å². The normalized spacial score (nSPS) is 10.5. The van der Waals surface area contributed by atoms with Gasteiger partial charge in [0.1, 0.15) is 10.7 Å². The molecule has 0 spiro atoms. The van der Waals surface area contributed by atoms with Crippen LogP contribution in [-0.4, -0.2) is 9.97 Å². The average Bonchev–Trinajstić information content (AvgIpc) is 3.02. The molecule has 90 valence electrons. The zero-order valence-corrected chi connectivity index (χ0v) is 11.5. The minimum Gasteiger partial charge on any atom is -0.332 e. The van der Waals surface area contributed by atoms with Crippen LogP contribution >= 0.6 is 34.3 Å². The van der Waals surface area contributed by atoms with Crippen LogP contribution in [0, 0.1) is 0 Å². The Kier molecular flexibility index (Phi) is 3.27. The Morgan fingerprint density at radius 1 is 1.11 bits per heavy atom. The van der Waals surface area contributed by atoms with Crippen LogP contribution in [0.3, 0.4) is 0 Å². The molecule has 0 atom stereocenters. The van der Waals surface area contributed by atoms with Crippen molar-refractivity contribution in [1.29, 1.82) is 0 Å². The third-order valence-corrected chi connectivity index (χ3v) is 4.06. The smallest absolute Gasteiger partial charge is 0.187 e. The number of nitrogens with zero attached hydrogens (tertiary/aromatic N) is 2. The lowest BCUT2D eigenvalue weighted by atomic mass is 10.3. The minimum absolute atomic E-state index is 0.725. The van der Waals surface area contributed by atoms with Crippen LogP contribution in [-0.2, 0) is 0 Å². The number of nitrogens with one attached hydrogen (secondary N) is 1. The highest BCUT2D eigenvalue weighted by molar-refractivity contribution is 7.15. The molecule has 0 saturated heterocycles. The first-order valence-corrected chi connectivity index (χ1v) is 7.33. The summed E-state index contributed by atoms with van der Waals surface area (Å²) in [5.41, 5.74) is 1.88. The van der Waals surface area contributed by atoms with E-state index in [9.17, 15) is 0 Å². The fourth-order valence-corrected chi connectivity index (χ4v) is 2.95. The lowest BCUT2D eigenvalue weighted by Gasteiger charge is -2.01. The summed E-state index contributed by atoms with van der Waals surface area (Å²) in [5, 5.41) is 9.70. The predicted molar refractivity (Wildman–Crippen MR) is 78.0 cm³/mol. The summed E-state index contributed by atoms with van der Waals surface area (Å²) in [6.45, 7) is 0. The summed E-state index contributed by atoms with van der Waals surface area (Å²) >= 11 is 8.98. The first kappa shape index (κ1) is 11.6. The molecule has 0 unspecified atom stereocenters. The third kappa shape index (κ3) is 2.53. The summed E-state index contributed by atoms with van der Waals surface area (Å²) in [7, 11) is 0. The molecular formula is C12H8ClN3S2. The van der Waals surface area contributed by atoms with Crippen molar-refractivity contribution < 1.29 is 0 Å². The number of hydrogen-bond acceptors (Lipinski definition) is 5. The van der Waals surface area contributed by atoms with E-state index in [1.807, 2.05) is 35.0 Å². The Morgan fingerprint density at radius 2 is 1.94 bits per heavy atom. The van der Waals surface area contributed by atoms with Gasteiger partial charge in [0.2, 0.25) is 0 Å². The van der Waals surface area contributed by atoms with Gasteiger partial charge in [-0.3, -0.25) is 0 Å². The predicted octanol–water partition coefficient (Wildman–Crippen LogP) is 4.66. The second-order valence-corrected chi connectivity index (χ2v) is 5.70. The van der Waals surface area contributed by atoms with Gasteiger partial charge < -0.3 is 5.32 Å². The number of rotatable bonds is 3. The molecule has 3 aromatic rings. The van der Waals surface area contributed by atoms with E-state index >= 15 is 0 Å². The van der Waals surface area contributed by atoms with E-state index in [0.29, 0.717) is 0 Å². The molecule has 0 aliphatic rings. The van der Waals surface area contributed by atoms with Gasteiger partial charge in [-0.25, -0.2) is 9.97 Å².